The Kier molecular flexibility index (Phi) is 7.10. The number of amides is 1. The quantitative estimate of drug-likeness (QED) is 0.795. The molecule has 162 valence electrons. The Bertz CT molecular complexity index is 871. The average Bonchev–Trinajstić information content (AvgIpc) is 2.69. The molecule has 1 heterocycles. The molecule has 0 saturated carbocycles. The van der Waals surface area contributed by atoms with Crippen molar-refractivity contribution in [3.63, 3.8) is 0 Å². The van der Waals surface area contributed by atoms with Crippen molar-refractivity contribution < 1.29 is 13.9 Å². The summed E-state index contributed by atoms with van der Waals surface area (Å²) in [5, 5.41) is 3.11. The fraction of sp³-hybridized carbons (Fsp3) is 0.458. The van der Waals surface area contributed by atoms with Crippen molar-refractivity contribution in [2.75, 3.05) is 33.2 Å². The van der Waals surface area contributed by atoms with Gasteiger partial charge in [0.25, 0.3) is 0 Å². The van der Waals surface area contributed by atoms with Gasteiger partial charge in [0.15, 0.2) is 0 Å². The highest BCUT2D eigenvalue weighted by Gasteiger charge is 2.25. The number of hydrogen-bond acceptors (Lipinski definition) is 4. The van der Waals surface area contributed by atoms with Crippen LogP contribution in [0, 0.1) is 5.82 Å². The second-order valence-electron chi connectivity index (χ2n) is 8.79. The van der Waals surface area contributed by atoms with Crippen LogP contribution in [0.25, 0.3) is 11.1 Å². The maximum atomic E-state index is 14.4. The lowest BCUT2D eigenvalue weighted by Gasteiger charge is -2.35. The Morgan fingerprint density at radius 1 is 1.07 bits per heavy atom. The van der Waals surface area contributed by atoms with E-state index in [-0.39, 0.29) is 11.9 Å². The number of hydrogen-bond donors (Lipinski definition) is 1. The third kappa shape index (κ3) is 6.03. The van der Waals surface area contributed by atoms with Crippen LogP contribution in [0.4, 0.5) is 9.18 Å². The molecule has 1 fully saturated rings. The van der Waals surface area contributed by atoms with E-state index < -0.39 is 5.60 Å². The lowest BCUT2D eigenvalue weighted by atomic mass is 10.00. The van der Waals surface area contributed by atoms with Gasteiger partial charge < -0.3 is 15.0 Å². The zero-order chi connectivity index (χ0) is 21.7. The van der Waals surface area contributed by atoms with Gasteiger partial charge in [-0.2, -0.15) is 0 Å². The Balaban J connectivity index is 1.63. The molecule has 1 amide bonds. The summed E-state index contributed by atoms with van der Waals surface area (Å²) in [5.41, 5.74) is 3.22. The van der Waals surface area contributed by atoms with Crippen LogP contribution in [0.15, 0.2) is 42.5 Å². The molecular weight excluding hydrogens is 381 g/mol. The van der Waals surface area contributed by atoms with E-state index in [0.29, 0.717) is 25.2 Å². The Labute approximate surface area is 178 Å². The topological polar surface area (TPSA) is 44.8 Å². The van der Waals surface area contributed by atoms with E-state index in [2.05, 4.69) is 22.3 Å². The van der Waals surface area contributed by atoms with Crippen molar-refractivity contribution in [3.8, 4) is 11.1 Å². The van der Waals surface area contributed by atoms with E-state index in [0.717, 1.165) is 36.3 Å². The van der Waals surface area contributed by atoms with E-state index in [1.165, 1.54) is 6.07 Å². The van der Waals surface area contributed by atoms with Crippen LogP contribution in [0.2, 0.25) is 0 Å². The van der Waals surface area contributed by atoms with Gasteiger partial charge in [0, 0.05) is 44.8 Å². The van der Waals surface area contributed by atoms with Gasteiger partial charge in [-0.3, -0.25) is 4.90 Å². The van der Waals surface area contributed by atoms with Crippen LogP contribution in [0.1, 0.15) is 31.9 Å². The minimum atomic E-state index is -0.478. The standard InChI is InChI=1S/C24H32FN3O2/c1-24(2,3)30-23(29)28-12-10-27(11-13-28)17-19-6-5-7-20(14-19)21-15-18(16-26-4)8-9-22(21)25/h5-9,14-15,26H,10-13,16-17H2,1-4H3. The molecule has 1 aliphatic heterocycles. The molecular formula is C24H32FN3O2. The van der Waals surface area contributed by atoms with Crippen LogP contribution in [0.3, 0.4) is 0 Å². The summed E-state index contributed by atoms with van der Waals surface area (Å²) in [6, 6.07) is 13.3. The Hall–Kier alpha value is -2.44. The molecule has 2 aromatic carbocycles. The normalized spacial score (nSPS) is 15.3. The summed E-state index contributed by atoms with van der Waals surface area (Å²) in [5.74, 6) is -0.210. The first kappa shape index (κ1) is 22.2. The molecule has 3 rings (SSSR count). The van der Waals surface area contributed by atoms with Crippen molar-refractivity contribution in [1.29, 1.82) is 0 Å². The van der Waals surface area contributed by atoms with Crippen LogP contribution < -0.4 is 5.32 Å². The molecule has 5 nitrogen and oxygen atoms in total. The van der Waals surface area contributed by atoms with Crippen molar-refractivity contribution in [2.45, 2.75) is 39.5 Å². The Morgan fingerprint density at radius 3 is 2.47 bits per heavy atom. The maximum absolute atomic E-state index is 14.4. The van der Waals surface area contributed by atoms with E-state index in [1.807, 2.05) is 52.1 Å². The van der Waals surface area contributed by atoms with Crippen molar-refractivity contribution in [3.05, 3.63) is 59.4 Å². The van der Waals surface area contributed by atoms with E-state index in [4.69, 9.17) is 4.74 Å². The molecule has 1 N–H and O–H groups in total. The van der Waals surface area contributed by atoms with Gasteiger partial charge in [-0.15, -0.1) is 0 Å². The molecule has 0 unspecified atom stereocenters. The molecule has 0 bridgehead atoms. The SMILES string of the molecule is CNCc1ccc(F)c(-c2cccc(CN3CCN(C(=O)OC(C)(C)C)CC3)c2)c1. The summed E-state index contributed by atoms with van der Waals surface area (Å²) in [6.07, 6.45) is -0.249. The zero-order valence-electron chi connectivity index (χ0n) is 18.4. The average molecular weight is 414 g/mol. The van der Waals surface area contributed by atoms with E-state index in [1.54, 1.807) is 4.90 Å². The summed E-state index contributed by atoms with van der Waals surface area (Å²) >= 11 is 0. The second-order valence-corrected chi connectivity index (χ2v) is 8.79. The highest BCUT2D eigenvalue weighted by molar-refractivity contribution is 5.68. The van der Waals surface area contributed by atoms with Crippen LogP contribution in [-0.4, -0.2) is 54.7 Å². The van der Waals surface area contributed by atoms with Crippen LogP contribution in [-0.2, 0) is 17.8 Å². The number of carbonyl (C=O) groups is 1. The van der Waals surface area contributed by atoms with Crippen molar-refractivity contribution >= 4 is 6.09 Å². The maximum Gasteiger partial charge on any atom is 0.410 e. The number of piperazine rings is 1. The first-order valence-electron chi connectivity index (χ1n) is 10.5. The predicted octanol–water partition coefficient (Wildman–Crippen LogP) is 4.26. The van der Waals surface area contributed by atoms with E-state index in [9.17, 15) is 9.18 Å². The molecule has 6 heteroatoms. The highest BCUT2D eigenvalue weighted by Crippen LogP contribution is 2.26. The minimum Gasteiger partial charge on any atom is -0.444 e. The second kappa shape index (κ2) is 9.58. The van der Waals surface area contributed by atoms with Gasteiger partial charge >= 0.3 is 6.09 Å². The molecule has 0 aliphatic carbocycles. The first-order valence-corrected chi connectivity index (χ1v) is 10.5. The smallest absolute Gasteiger partial charge is 0.410 e. The molecule has 1 saturated heterocycles. The molecule has 2 aromatic rings. The van der Waals surface area contributed by atoms with Gasteiger partial charge in [-0.1, -0.05) is 24.3 Å². The van der Waals surface area contributed by atoms with Gasteiger partial charge in [-0.25, -0.2) is 9.18 Å². The molecule has 1 aliphatic rings. The zero-order valence-corrected chi connectivity index (χ0v) is 18.4. The number of nitrogens with zero attached hydrogens (tertiary/aromatic N) is 2. The summed E-state index contributed by atoms with van der Waals surface area (Å²) < 4.78 is 19.9. The number of carbonyl (C=O) groups excluding carboxylic acids is 1. The number of nitrogens with one attached hydrogen (secondary N) is 1. The third-order valence-electron chi connectivity index (χ3n) is 5.08. The minimum absolute atomic E-state index is 0.210. The van der Waals surface area contributed by atoms with Crippen LogP contribution >= 0.6 is 0 Å². The summed E-state index contributed by atoms with van der Waals surface area (Å²) in [7, 11) is 1.88. The molecule has 0 atom stereocenters. The number of ether oxygens (including phenoxy) is 1. The lowest BCUT2D eigenvalue weighted by Crippen LogP contribution is -2.49. The number of halogens is 1. The van der Waals surface area contributed by atoms with Crippen molar-refractivity contribution in [2.24, 2.45) is 0 Å². The number of rotatable bonds is 5. The molecule has 0 aromatic heterocycles. The largest absolute Gasteiger partial charge is 0.444 e. The van der Waals surface area contributed by atoms with Crippen molar-refractivity contribution in [1.82, 2.24) is 15.1 Å². The summed E-state index contributed by atoms with van der Waals surface area (Å²) in [6.45, 7) is 9.99. The number of benzene rings is 2. The third-order valence-corrected chi connectivity index (χ3v) is 5.08. The fourth-order valence-electron chi connectivity index (χ4n) is 3.62. The fourth-order valence-corrected chi connectivity index (χ4v) is 3.62. The highest BCUT2D eigenvalue weighted by atomic mass is 19.1. The Morgan fingerprint density at radius 2 is 1.80 bits per heavy atom. The predicted molar refractivity (Wildman–Crippen MR) is 118 cm³/mol. The monoisotopic (exact) mass is 413 g/mol. The van der Waals surface area contributed by atoms with E-state index >= 15 is 0 Å². The molecule has 0 spiro atoms. The lowest BCUT2D eigenvalue weighted by molar-refractivity contribution is 0.0139. The molecule has 0 radical (unpaired) electrons. The van der Waals surface area contributed by atoms with Gasteiger partial charge in [0.05, 0.1) is 0 Å². The van der Waals surface area contributed by atoms with Gasteiger partial charge in [0.1, 0.15) is 11.4 Å². The van der Waals surface area contributed by atoms with Crippen LogP contribution in [0.5, 0.6) is 0 Å². The van der Waals surface area contributed by atoms with Gasteiger partial charge in [0.2, 0.25) is 0 Å². The summed E-state index contributed by atoms with van der Waals surface area (Å²) in [4.78, 5) is 16.3. The molecule has 30 heavy (non-hydrogen) atoms. The first-order chi connectivity index (χ1) is 14.2. The van der Waals surface area contributed by atoms with Gasteiger partial charge in [-0.05, 0) is 62.7 Å².